The van der Waals surface area contributed by atoms with Crippen LogP contribution < -0.4 is 5.32 Å². The SMILES string of the molecule is CC(C)(C)[Si](C)(C)OCCCCC(=O)NCCc1ccccc1. The van der Waals surface area contributed by atoms with Gasteiger partial charge in [-0.2, -0.15) is 0 Å². The molecule has 0 radical (unpaired) electrons. The van der Waals surface area contributed by atoms with E-state index in [1.54, 1.807) is 0 Å². The lowest BCUT2D eigenvalue weighted by molar-refractivity contribution is -0.121. The van der Waals surface area contributed by atoms with Crippen LogP contribution in [0.4, 0.5) is 0 Å². The molecule has 0 fully saturated rings. The summed E-state index contributed by atoms with van der Waals surface area (Å²) in [5.41, 5.74) is 1.26. The van der Waals surface area contributed by atoms with Crippen molar-refractivity contribution in [3.63, 3.8) is 0 Å². The van der Waals surface area contributed by atoms with Crippen molar-refractivity contribution in [3.05, 3.63) is 35.9 Å². The van der Waals surface area contributed by atoms with E-state index in [9.17, 15) is 4.79 Å². The number of benzene rings is 1. The molecule has 0 aliphatic carbocycles. The van der Waals surface area contributed by atoms with Crippen molar-refractivity contribution in [3.8, 4) is 0 Å². The summed E-state index contributed by atoms with van der Waals surface area (Å²) in [6.45, 7) is 12.8. The van der Waals surface area contributed by atoms with Crippen molar-refractivity contribution < 1.29 is 9.22 Å². The molecule has 0 aromatic heterocycles. The highest BCUT2D eigenvalue weighted by atomic mass is 28.4. The largest absolute Gasteiger partial charge is 0.417 e. The Morgan fingerprint density at radius 1 is 1.13 bits per heavy atom. The molecule has 0 saturated heterocycles. The summed E-state index contributed by atoms with van der Waals surface area (Å²) in [5.74, 6) is 0.147. The topological polar surface area (TPSA) is 38.3 Å². The summed E-state index contributed by atoms with van der Waals surface area (Å²) in [4.78, 5) is 11.8. The molecular weight excluding hydrogens is 302 g/mol. The molecule has 1 aromatic rings. The van der Waals surface area contributed by atoms with Gasteiger partial charge in [-0.05, 0) is 43.0 Å². The molecule has 0 aliphatic rings. The van der Waals surface area contributed by atoms with Gasteiger partial charge in [0, 0.05) is 19.6 Å². The Labute approximate surface area is 143 Å². The number of hydrogen-bond acceptors (Lipinski definition) is 2. The number of carbonyl (C=O) groups is 1. The first kappa shape index (κ1) is 19.9. The van der Waals surface area contributed by atoms with Gasteiger partial charge in [0.05, 0.1) is 0 Å². The maximum Gasteiger partial charge on any atom is 0.220 e. The molecule has 1 amide bonds. The summed E-state index contributed by atoms with van der Waals surface area (Å²) in [6, 6.07) is 10.2. The lowest BCUT2D eigenvalue weighted by Gasteiger charge is -2.36. The maximum absolute atomic E-state index is 11.8. The molecule has 1 N–H and O–H groups in total. The molecule has 0 aliphatic heterocycles. The predicted octanol–water partition coefficient (Wildman–Crippen LogP) is 4.54. The Hall–Kier alpha value is -1.13. The quantitative estimate of drug-likeness (QED) is 0.531. The Balaban J connectivity index is 2.08. The molecule has 0 spiro atoms. The van der Waals surface area contributed by atoms with Crippen molar-refractivity contribution in [2.75, 3.05) is 13.2 Å². The molecule has 0 heterocycles. The lowest BCUT2D eigenvalue weighted by atomic mass is 10.1. The molecule has 4 heteroatoms. The van der Waals surface area contributed by atoms with E-state index < -0.39 is 8.32 Å². The van der Waals surface area contributed by atoms with Gasteiger partial charge >= 0.3 is 0 Å². The van der Waals surface area contributed by atoms with E-state index in [-0.39, 0.29) is 10.9 Å². The van der Waals surface area contributed by atoms with Crippen LogP contribution in [-0.2, 0) is 15.6 Å². The third-order valence-corrected chi connectivity index (χ3v) is 9.18. The Bertz CT molecular complexity index is 466. The van der Waals surface area contributed by atoms with E-state index in [0.29, 0.717) is 13.0 Å². The van der Waals surface area contributed by atoms with Gasteiger partial charge in [0.25, 0.3) is 0 Å². The van der Waals surface area contributed by atoms with Gasteiger partial charge in [-0.25, -0.2) is 0 Å². The van der Waals surface area contributed by atoms with Crippen LogP contribution in [0, 0.1) is 0 Å². The Morgan fingerprint density at radius 3 is 2.39 bits per heavy atom. The second-order valence-corrected chi connectivity index (χ2v) is 12.5. The average Bonchev–Trinajstić information content (AvgIpc) is 2.46. The highest BCUT2D eigenvalue weighted by molar-refractivity contribution is 6.74. The number of hydrogen-bond donors (Lipinski definition) is 1. The first-order valence-electron chi connectivity index (χ1n) is 8.67. The summed E-state index contributed by atoms with van der Waals surface area (Å²) in [7, 11) is -1.64. The zero-order valence-electron chi connectivity index (χ0n) is 15.4. The van der Waals surface area contributed by atoms with Crippen LogP contribution >= 0.6 is 0 Å². The molecule has 130 valence electrons. The van der Waals surface area contributed by atoms with E-state index in [4.69, 9.17) is 4.43 Å². The van der Waals surface area contributed by atoms with Crippen LogP contribution in [0.3, 0.4) is 0 Å². The minimum atomic E-state index is -1.64. The molecule has 23 heavy (non-hydrogen) atoms. The van der Waals surface area contributed by atoms with Crippen LogP contribution in [-0.4, -0.2) is 27.4 Å². The van der Waals surface area contributed by atoms with Gasteiger partial charge < -0.3 is 9.74 Å². The summed E-state index contributed by atoms with van der Waals surface area (Å²) in [5, 5.41) is 3.24. The molecular formula is C19H33NO2Si. The second-order valence-electron chi connectivity index (χ2n) is 7.65. The van der Waals surface area contributed by atoms with E-state index in [1.165, 1.54) is 5.56 Å². The van der Waals surface area contributed by atoms with Crippen molar-refractivity contribution in [1.29, 1.82) is 0 Å². The minimum Gasteiger partial charge on any atom is -0.417 e. The van der Waals surface area contributed by atoms with E-state index in [2.05, 4.69) is 51.3 Å². The number of amides is 1. The highest BCUT2D eigenvalue weighted by Crippen LogP contribution is 2.36. The molecule has 1 aromatic carbocycles. The van der Waals surface area contributed by atoms with Crippen LogP contribution in [0.5, 0.6) is 0 Å². The second kappa shape index (κ2) is 9.23. The lowest BCUT2D eigenvalue weighted by Crippen LogP contribution is -2.41. The zero-order valence-corrected chi connectivity index (χ0v) is 16.4. The third kappa shape index (κ3) is 7.80. The van der Waals surface area contributed by atoms with Crippen molar-refractivity contribution >= 4 is 14.2 Å². The minimum absolute atomic E-state index is 0.147. The molecule has 3 nitrogen and oxygen atoms in total. The van der Waals surface area contributed by atoms with Crippen LogP contribution in [0.25, 0.3) is 0 Å². The maximum atomic E-state index is 11.8. The zero-order chi connectivity index (χ0) is 17.3. The fourth-order valence-corrected chi connectivity index (χ4v) is 3.10. The highest BCUT2D eigenvalue weighted by Gasteiger charge is 2.36. The number of rotatable bonds is 9. The number of unbranched alkanes of at least 4 members (excludes halogenated alkanes) is 1. The summed E-state index contributed by atoms with van der Waals surface area (Å²) < 4.78 is 6.12. The van der Waals surface area contributed by atoms with Crippen molar-refractivity contribution in [2.24, 2.45) is 0 Å². The van der Waals surface area contributed by atoms with Gasteiger partial charge in [0.1, 0.15) is 0 Å². The van der Waals surface area contributed by atoms with Gasteiger partial charge in [-0.15, -0.1) is 0 Å². The first-order chi connectivity index (χ1) is 10.7. The van der Waals surface area contributed by atoms with E-state index in [1.807, 2.05) is 18.2 Å². The average molecular weight is 336 g/mol. The first-order valence-corrected chi connectivity index (χ1v) is 11.6. The summed E-state index contributed by atoms with van der Waals surface area (Å²) in [6.07, 6.45) is 3.33. The number of nitrogens with one attached hydrogen (secondary N) is 1. The molecule has 0 saturated carbocycles. The third-order valence-electron chi connectivity index (χ3n) is 4.65. The van der Waals surface area contributed by atoms with Crippen LogP contribution in [0.15, 0.2) is 30.3 Å². The molecule has 0 unspecified atom stereocenters. The van der Waals surface area contributed by atoms with Crippen LogP contribution in [0.1, 0.15) is 45.6 Å². The Kier molecular flexibility index (Phi) is 7.99. The normalized spacial score (nSPS) is 12.2. The summed E-state index contributed by atoms with van der Waals surface area (Å²) >= 11 is 0. The molecule has 0 atom stereocenters. The predicted molar refractivity (Wildman–Crippen MR) is 100 cm³/mol. The van der Waals surface area contributed by atoms with Gasteiger partial charge in [-0.1, -0.05) is 51.1 Å². The molecule has 1 rings (SSSR count). The van der Waals surface area contributed by atoms with E-state index >= 15 is 0 Å². The van der Waals surface area contributed by atoms with E-state index in [0.717, 1.165) is 25.9 Å². The smallest absolute Gasteiger partial charge is 0.220 e. The van der Waals surface area contributed by atoms with Gasteiger partial charge in [-0.3, -0.25) is 4.79 Å². The van der Waals surface area contributed by atoms with Gasteiger partial charge in [0.15, 0.2) is 8.32 Å². The fourth-order valence-electron chi connectivity index (χ4n) is 2.01. The number of carbonyl (C=O) groups excluding carboxylic acids is 1. The van der Waals surface area contributed by atoms with Crippen molar-refractivity contribution in [2.45, 2.75) is 64.6 Å². The standard InChI is InChI=1S/C19H33NO2Si/c1-19(2,3)23(4,5)22-16-10-9-13-18(21)20-15-14-17-11-7-6-8-12-17/h6-8,11-12H,9-10,13-16H2,1-5H3,(H,20,21). The Morgan fingerprint density at radius 2 is 1.78 bits per heavy atom. The van der Waals surface area contributed by atoms with Crippen LogP contribution in [0.2, 0.25) is 18.1 Å². The van der Waals surface area contributed by atoms with Gasteiger partial charge in [0.2, 0.25) is 5.91 Å². The monoisotopic (exact) mass is 335 g/mol. The fraction of sp³-hybridized carbons (Fsp3) is 0.632. The van der Waals surface area contributed by atoms with Crippen molar-refractivity contribution in [1.82, 2.24) is 5.32 Å². The molecule has 0 bridgehead atoms.